The topological polar surface area (TPSA) is 81.5 Å². The number of anilines is 1. The van der Waals surface area contributed by atoms with Crippen LogP contribution in [0.2, 0.25) is 0 Å². The highest BCUT2D eigenvalue weighted by Gasteiger charge is 2.30. The Hall–Kier alpha value is -4.14. The molecule has 8 nitrogen and oxygen atoms in total. The summed E-state index contributed by atoms with van der Waals surface area (Å²) < 4.78 is 28.0. The van der Waals surface area contributed by atoms with Crippen LogP contribution in [-0.4, -0.2) is 51.6 Å². The Kier molecular flexibility index (Phi) is 7.41. The summed E-state index contributed by atoms with van der Waals surface area (Å²) in [7, 11) is 1.54. The van der Waals surface area contributed by atoms with Crippen molar-refractivity contribution in [2.24, 2.45) is 0 Å². The molecule has 0 radical (unpaired) electrons. The van der Waals surface area contributed by atoms with Crippen molar-refractivity contribution in [1.29, 1.82) is 0 Å². The quantitative estimate of drug-likeness (QED) is 0.309. The zero-order valence-corrected chi connectivity index (χ0v) is 22.8. The number of likely N-dealkylation sites (tertiary alicyclic amines) is 1. The summed E-state index contributed by atoms with van der Waals surface area (Å²) in [6.45, 7) is 7.21. The Morgan fingerprint density at radius 3 is 2.74 bits per heavy atom. The SMILES string of the molecule is COc1cccc(F)c1-c1ccc2nn(C3CCCN(C(=O)OC(C)(C)C)C3)c(NCc3ccccn3)c2c1. The van der Waals surface area contributed by atoms with Gasteiger partial charge in [0.15, 0.2) is 0 Å². The molecule has 1 aliphatic rings. The van der Waals surface area contributed by atoms with Crippen LogP contribution in [0.4, 0.5) is 15.0 Å². The molecule has 0 spiro atoms. The van der Waals surface area contributed by atoms with E-state index in [0.717, 1.165) is 35.3 Å². The van der Waals surface area contributed by atoms with Crippen LogP contribution >= 0.6 is 0 Å². The summed E-state index contributed by atoms with van der Waals surface area (Å²) in [6, 6.07) is 16.2. The van der Waals surface area contributed by atoms with Gasteiger partial charge in [-0.15, -0.1) is 0 Å². The van der Waals surface area contributed by atoms with Gasteiger partial charge in [-0.05, 0) is 75.6 Å². The van der Waals surface area contributed by atoms with Gasteiger partial charge in [0.25, 0.3) is 0 Å². The molecule has 3 heterocycles. The summed E-state index contributed by atoms with van der Waals surface area (Å²) in [5, 5.41) is 9.33. The maximum absolute atomic E-state index is 15.0. The third-order valence-electron chi connectivity index (χ3n) is 6.74. The molecule has 0 aliphatic carbocycles. The van der Waals surface area contributed by atoms with Gasteiger partial charge in [-0.3, -0.25) is 4.98 Å². The number of carbonyl (C=O) groups excluding carboxylic acids is 1. The first-order valence-electron chi connectivity index (χ1n) is 13.2. The minimum absolute atomic E-state index is 0.0589. The fourth-order valence-corrected chi connectivity index (χ4v) is 4.98. The maximum Gasteiger partial charge on any atom is 0.410 e. The number of halogens is 1. The van der Waals surface area contributed by atoms with Crippen molar-refractivity contribution in [1.82, 2.24) is 19.7 Å². The van der Waals surface area contributed by atoms with E-state index in [1.165, 1.54) is 13.2 Å². The van der Waals surface area contributed by atoms with Gasteiger partial charge < -0.3 is 19.7 Å². The number of fused-ring (bicyclic) bond motifs is 1. The summed E-state index contributed by atoms with van der Waals surface area (Å²) in [6.07, 6.45) is 3.13. The lowest BCUT2D eigenvalue weighted by Crippen LogP contribution is -2.43. The monoisotopic (exact) mass is 531 g/mol. The number of benzene rings is 2. The van der Waals surface area contributed by atoms with Crippen LogP contribution in [0.1, 0.15) is 45.3 Å². The summed E-state index contributed by atoms with van der Waals surface area (Å²) in [5.41, 5.74) is 2.18. The summed E-state index contributed by atoms with van der Waals surface area (Å²) >= 11 is 0. The highest BCUT2D eigenvalue weighted by atomic mass is 19.1. The van der Waals surface area contributed by atoms with E-state index in [-0.39, 0.29) is 18.0 Å². The maximum atomic E-state index is 15.0. The summed E-state index contributed by atoms with van der Waals surface area (Å²) in [5.74, 6) is 0.901. The first kappa shape index (κ1) is 26.5. The van der Waals surface area contributed by atoms with Gasteiger partial charge in [-0.2, -0.15) is 5.10 Å². The number of pyridine rings is 1. The van der Waals surface area contributed by atoms with Gasteiger partial charge in [0.1, 0.15) is 23.0 Å². The minimum Gasteiger partial charge on any atom is -0.496 e. The van der Waals surface area contributed by atoms with E-state index in [4.69, 9.17) is 14.6 Å². The zero-order valence-electron chi connectivity index (χ0n) is 22.8. The van der Waals surface area contributed by atoms with E-state index in [9.17, 15) is 9.18 Å². The highest BCUT2D eigenvalue weighted by molar-refractivity contribution is 5.94. The molecular weight excluding hydrogens is 497 g/mol. The lowest BCUT2D eigenvalue weighted by atomic mass is 10.0. The van der Waals surface area contributed by atoms with Gasteiger partial charge >= 0.3 is 6.09 Å². The highest BCUT2D eigenvalue weighted by Crippen LogP contribution is 2.37. The van der Waals surface area contributed by atoms with Gasteiger partial charge in [-0.1, -0.05) is 18.2 Å². The number of hydrogen-bond acceptors (Lipinski definition) is 6. The van der Waals surface area contributed by atoms with Crippen LogP contribution < -0.4 is 10.1 Å². The number of aromatic nitrogens is 3. The first-order valence-corrected chi connectivity index (χ1v) is 13.2. The van der Waals surface area contributed by atoms with Crippen LogP contribution in [0, 0.1) is 5.82 Å². The normalized spacial score (nSPS) is 15.8. The number of hydrogen-bond donors (Lipinski definition) is 1. The van der Waals surface area contributed by atoms with E-state index in [0.29, 0.717) is 36.5 Å². The molecule has 1 fully saturated rings. The Balaban J connectivity index is 1.54. The van der Waals surface area contributed by atoms with Crippen molar-refractivity contribution in [2.75, 3.05) is 25.5 Å². The fourth-order valence-electron chi connectivity index (χ4n) is 4.98. The van der Waals surface area contributed by atoms with Crippen LogP contribution in [0.15, 0.2) is 60.8 Å². The number of ether oxygens (including phenoxy) is 2. The molecule has 1 N–H and O–H groups in total. The minimum atomic E-state index is -0.565. The molecule has 1 saturated heterocycles. The van der Waals surface area contributed by atoms with Gasteiger partial charge in [0, 0.05) is 24.7 Å². The van der Waals surface area contributed by atoms with E-state index in [2.05, 4.69) is 10.3 Å². The number of rotatable bonds is 6. The Labute approximate surface area is 227 Å². The third kappa shape index (κ3) is 5.82. The number of carbonyl (C=O) groups is 1. The van der Waals surface area contributed by atoms with Crippen molar-refractivity contribution >= 4 is 22.8 Å². The van der Waals surface area contributed by atoms with E-state index in [1.807, 2.05) is 61.9 Å². The van der Waals surface area contributed by atoms with Gasteiger partial charge in [0.05, 0.1) is 36.5 Å². The smallest absolute Gasteiger partial charge is 0.410 e. The lowest BCUT2D eigenvalue weighted by molar-refractivity contribution is 0.0168. The number of nitrogens with one attached hydrogen (secondary N) is 1. The average molecular weight is 532 g/mol. The second-order valence-corrected chi connectivity index (χ2v) is 10.7. The van der Waals surface area contributed by atoms with Gasteiger partial charge in [0.2, 0.25) is 0 Å². The van der Waals surface area contributed by atoms with Crippen molar-refractivity contribution in [3.8, 4) is 16.9 Å². The second-order valence-electron chi connectivity index (χ2n) is 10.7. The molecule has 9 heteroatoms. The third-order valence-corrected chi connectivity index (χ3v) is 6.74. The fraction of sp³-hybridized carbons (Fsp3) is 0.367. The predicted molar refractivity (Wildman–Crippen MR) is 149 cm³/mol. The molecule has 2 aromatic heterocycles. The average Bonchev–Trinajstić information content (AvgIpc) is 3.29. The van der Waals surface area contributed by atoms with Crippen molar-refractivity contribution < 1.29 is 18.7 Å². The van der Waals surface area contributed by atoms with E-state index >= 15 is 0 Å². The second kappa shape index (κ2) is 10.9. The van der Waals surface area contributed by atoms with Crippen molar-refractivity contribution in [3.63, 3.8) is 0 Å². The van der Waals surface area contributed by atoms with Crippen LogP contribution in [-0.2, 0) is 11.3 Å². The number of nitrogens with zero attached hydrogens (tertiary/aromatic N) is 4. The van der Waals surface area contributed by atoms with Crippen LogP contribution in [0.3, 0.4) is 0 Å². The molecule has 0 saturated carbocycles. The zero-order chi connectivity index (χ0) is 27.6. The lowest BCUT2D eigenvalue weighted by Gasteiger charge is -2.34. The molecule has 1 aliphatic heterocycles. The molecule has 0 bridgehead atoms. The molecule has 2 aromatic carbocycles. The predicted octanol–water partition coefficient (Wildman–Crippen LogP) is 6.43. The Morgan fingerprint density at radius 1 is 1.15 bits per heavy atom. The first-order chi connectivity index (χ1) is 18.7. The van der Waals surface area contributed by atoms with Crippen LogP contribution in [0.5, 0.6) is 5.75 Å². The molecule has 1 atom stereocenters. The number of piperidine rings is 1. The molecule has 4 aromatic rings. The molecule has 1 amide bonds. The van der Waals surface area contributed by atoms with Crippen molar-refractivity contribution in [3.05, 3.63) is 72.3 Å². The van der Waals surface area contributed by atoms with E-state index < -0.39 is 5.60 Å². The number of methoxy groups -OCH3 is 1. The number of amides is 1. The summed E-state index contributed by atoms with van der Waals surface area (Å²) in [4.78, 5) is 19.1. The molecule has 39 heavy (non-hydrogen) atoms. The Bertz CT molecular complexity index is 1460. The molecule has 5 rings (SSSR count). The molecular formula is C30H34FN5O3. The standard InChI is InChI=1S/C30H34FN5O3/c1-30(2,3)39-29(37)35-16-8-10-22(19-35)36-28(33-18-21-9-5-6-15-32-21)23-17-20(13-14-25(23)34-36)27-24(31)11-7-12-26(27)38-4/h5-7,9,11-15,17,22,33H,8,10,16,18-19H2,1-4H3. The van der Waals surface area contributed by atoms with Gasteiger partial charge in [-0.25, -0.2) is 13.9 Å². The largest absolute Gasteiger partial charge is 0.496 e. The Morgan fingerprint density at radius 2 is 2.00 bits per heavy atom. The van der Waals surface area contributed by atoms with Crippen molar-refractivity contribution in [2.45, 2.75) is 51.8 Å². The molecule has 204 valence electrons. The van der Waals surface area contributed by atoms with Crippen LogP contribution in [0.25, 0.3) is 22.0 Å². The molecule has 1 unspecified atom stereocenters. The van der Waals surface area contributed by atoms with E-state index in [1.54, 1.807) is 23.2 Å².